The number of rotatable bonds is 2. The molecule has 0 aromatic carbocycles. The average Bonchev–Trinajstić information content (AvgIpc) is 2.63. The maximum absolute atomic E-state index is 11.8. The summed E-state index contributed by atoms with van der Waals surface area (Å²) < 4.78 is 6.98. The molecular weight excluding hydrogens is 288 g/mol. The van der Waals surface area contributed by atoms with E-state index in [0.29, 0.717) is 16.1 Å². The van der Waals surface area contributed by atoms with Crippen molar-refractivity contribution in [3.63, 3.8) is 0 Å². The minimum Gasteiger partial charge on any atom is -0.448 e. The van der Waals surface area contributed by atoms with Crippen LogP contribution in [0.25, 0.3) is 11.5 Å². The Morgan fingerprint density at radius 3 is 2.53 bits per heavy atom. The molecule has 0 aliphatic rings. The van der Waals surface area contributed by atoms with Crippen molar-refractivity contribution in [1.29, 1.82) is 0 Å². The number of halogens is 1. The van der Waals surface area contributed by atoms with Crippen molar-refractivity contribution in [2.75, 3.05) is 0 Å². The van der Waals surface area contributed by atoms with Gasteiger partial charge in [0.2, 0.25) is 0 Å². The van der Waals surface area contributed by atoms with Crippen LogP contribution in [0, 0.1) is 0 Å². The van der Waals surface area contributed by atoms with Gasteiger partial charge in [0.25, 0.3) is 5.56 Å². The molecule has 90 valence electrons. The van der Waals surface area contributed by atoms with Crippen molar-refractivity contribution in [1.82, 2.24) is 9.55 Å². The Hall–Kier alpha value is -1.56. The minimum absolute atomic E-state index is 0.177. The summed E-state index contributed by atoms with van der Waals surface area (Å²) >= 11 is 3.16. The largest absolute Gasteiger partial charge is 0.448 e. The zero-order chi connectivity index (χ0) is 12.6. The molecule has 2 rings (SSSR count). The number of H-pyrrole nitrogens is 1. The molecule has 0 unspecified atom stereocenters. The van der Waals surface area contributed by atoms with Crippen molar-refractivity contribution in [3.8, 4) is 11.5 Å². The van der Waals surface area contributed by atoms with Crippen LogP contribution in [0.2, 0.25) is 0 Å². The quantitative estimate of drug-likeness (QED) is 0.923. The lowest BCUT2D eigenvalue weighted by Crippen LogP contribution is -2.36. The fourth-order valence-electron chi connectivity index (χ4n) is 1.59. The van der Waals surface area contributed by atoms with E-state index in [0.717, 1.165) is 4.57 Å². The third-order valence-corrected chi connectivity index (χ3v) is 2.75. The number of nitrogens with one attached hydrogen (secondary N) is 1. The zero-order valence-electron chi connectivity index (χ0n) is 9.36. The Bertz CT molecular complexity index is 620. The molecular formula is C11H11BrN2O3. The molecule has 6 heteroatoms. The summed E-state index contributed by atoms with van der Waals surface area (Å²) in [7, 11) is 0. The molecule has 2 aromatic rings. The summed E-state index contributed by atoms with van der Waals surface area (Å²) in [4.78, 5) is 26.1. The zero-order valence-corrected chi connectivity index (χ0v) is 10.9. The fraction of sp³-hybridized carbons (Fsp3) is 0.273. The summed E-state index contributed by atoms with van der Waals surface area (Å²) in [5, 5.41) is 0. The van der Waals surface area contributed by atoms with E-state index in [-0.39, 0.29) is 11.6 Å². The highest BCUT2D eigenvalue weighted by Gasteiger charge is 2.10. The number of furan rings is 1. The maximum atomic E-state index is 11.8. The molecule has 0 amide bonds. The Morgan fingerprint density at radius 2 is 2.06 bits per heavy atom. The van der Waals surface area contributed by atoms with Gasteiger partial charge in [-0.3, -0.25) is 9.36 Å². The summed E-state index contributed by atoms with van der Waals surface area (Å²) in [5.74, 6) is 0.446. The van der Waals surface area contributed by atoms with Gasteiger partial charge in [-0.2, -0.15) is 0 Å². The number of aromatic nitrogens is 2. The van der Waals surface area contributed by atoms with E-state index in [1.54, 1.807) is 26.0 Å². The van der Waals surface area contributed by atoms with Crippen LogP contribution >= 0.6 is 15.9 Å². The van der Waals surface area contributed by atoms with E-state index in [1.807, 2.05) is 0 Å². The standard InChI is InChI=1S/C11H11BrN2O3/c1-6(2)14-10(15)5-7(13-11(14)16)8-3-4-9(12)17-8/h3-6H,1-2H3,(H,13,16). The third-order valence-electron chi connectivity index (χ3n) is 2.32. The van der Waals surface area contributed by atoms with E-state index in [4.69, 9.17) is 4.42 Å². The van der Waals surface area contributed by atoms with Gasteiger partial charge in [-0.25, -0.2) is 4.79 Å². The van der Waals surface area contributed by atoms with Crippen LogP contribution in [0.15, 0.2) is 36.9 Å². The molecule has 0 spiro atoms. The van der Waals surface area contributed by atoms with Gasteiger partial charge in [0.15, 0.2) is 10.4 Å². The molecule has 0 saturated carbocycles. The molecule has 0 aliphatic carbocycles. The monoisotopic (exact) mass is 298 g/mol. The van der Waals surface area contributed by atoms with E-state index >= 15 is 0 Å². The second-order valence-corrected chi connectivity index (χ2v) is 4.68. The van der Waals surface area contributed by atoms with Gasteiger partial charge in [0, 0.05) is 12.1 Å². The van der Waals surface area contributed by atoms with Crippen LogP contribution in [-0.2, 0) is 0 Å². The van der Waals surface area contributed by atoms with Crippen molar-refractivity contribution in [2.24, 2.45) is 0 Å². The molecule has 0 radical (unpaired) electrons. The molecule has 0 atom stereocenters. The van der Waals surface area contributed by atoms with Gasteiger partial charge in [0.05, 0.1) is 5.69 Å². The van der Waals surface area contributed by atoms with E-state index in [1.165, 1.54) is 6.07 Å². The average molecular weight is 299 g/mol. The van der Waals surface area contributed by atoms with Crippen LogP contribution in [-0.4, -0.2) is 9.55 Å². The van der Waals surface area contributed by atoms with Gasteiger partial charge in [-0.15, -0.1) is 0 Å². The second kappa shape index (κ2) is 4.37. The first-order chi connectivity index (χ1) is 7.99. The summed E-state index contributed by atoms with van der Waals surface area (Å²) in [5.41, 5.74) is -0.399. The minimum atomic E-state index is -0.435. The summed E-state index contributed by atoms with van der Waals surface area (Å²) in [6, 6.07) is 4.55. The van der Waals surface area contributed by atoms with Crippen LogP contribution in [0.1, 0.15) is 19.9 Å². The topological polar surface area (TPSA) is 68.0 Å². The molecule has 5 nitrogen and oxygen atoms in total. The van der Waals surface area contributed by atoms with Crippen LogP contribution < -0.4 is 11.2 Å². The molecule has 0 bridgehead atoms. The maximum Gasteiger partial charge on any atom is 0.329 e. The molecule has 0 fully saturated rings. The lowest BCUT2D eigenvalue weighted by atomic mass is 10.3. The predicted molar refractivity (Wildman–Crippen MR) is 67.1 cm³/mol. The Kier molecular flexibility index (Phi) is 3.06. The number of hydrogen-bond donors (Lipinski definition) is 1. The molecule has 1 N–H and O–H groups in total. The first kappa shape index (κ1) is 11.9. The predicted octanol–water partition coefficient (Wildman–Crippen LogP) is 2.14. The number of aromatic amines is 1. The summed E-state index contributed by atoms with van der Waals surface area (Å²) in [6.45, 7) is 3.56. The van der Waals surface area contributed by atoms with Crippen molar-refractivity contribution in [2.45, 2.75) is 19.9 Å². The summed E-state index contributed by atoms with van der Waals surface area (Å²) in [6.07, 6.45) is 0. The van der Waals surface area contributed by atoms with E-state index in [2.05, 4.69) is 20.9 Å². The van der Waals surface area contributed by atoms with Gasteiger partial charge in [-0.05, 0) is 41.9 Å². The Morgan fingerprint density at radius 1 is 1.35 bits per heavy atom. The highest BCUT2D eigenvalue weighted by Crippen LogP contribution is 2.21. The first-order valence-corrected chi connectivity index (χ1v) is 5.90. The molecule has 0 saturated heterocycles. The molecule has 2 aromatic heterocycles. The SMILES string of the molecule is CC(C)n1c(=O)cc(-c2ccc(Br)o2)[nH]c1=O. The highest BCUT2D eigenvalue weighted by molar-refractivity contribution is 9.10. The lowest BCUT2D eigenvalue weighted by molar-refractivity contribution is 0.535. The first-order valence-electron chi connectivity index (χ1n) is 5.10. The fourth-order valence-corrected chi connectivity index (χ4v) is 1.89. The Labute approximate surface area is 105 Å². The molecule has 17 heavy (non-hydrogen) atoms. The Balaban J connectivity index is 2.61. The van der Waals surface area contributed by atoms with Gasteiger partial charge >= 0.3 is 5.69 Å². The number of hydrogen-bond acceptors (Lipinski definition) is 3. The van der Waals surface area contributed by atoms with Gasteiger partial charge in [-0.1, -0.05) is 0 Å². The molecule has 2 heterocycles. The van der Waals surface area contributed by atoms with Crippen LogP contribution in [0.5, 0.6) is 0 Å². The normalized spacial score (nSPS) is 11.1. The van der Waals surface area contributed by atoms with Crippen molar-refractivity contribution in [3.05, 3.63) is 43.7 Å². The molecule has 0 aliphatic heterocycles. The van der Waals surface area contributed by atoms with E-state index < -0.39 is 5.69 Å². The lowest BCUT2D eigenvalue weighted by Gasteiger charge is -2.08. The third kappa shape index (κ3) is 2.26. The van der Waals surface area contributed by atoms with Crippen LogP contribution in [0.3, 0.4) is 0 Å². The second-order valence-electron chi connectivity index (χ2n) is 3.89. The number of nitrogens with zero attached hydrogens (tertiary/aromatic N) is 1. The smallest absolute Gasteiger partial charge is 0.329 e. The van der Waals surface area contributed by atoms with Gasteiger partial charge < -0.3 is 9.40 Å². The van der Waals surface area contributed by atoms with Crippen molar-refractivity contribution < 1.29 is 4.42 Å². The van der Waals surface area contributed by atoms with Crippen LogP contribution in [0.4, 0.5) is 0 Å². The van der Waals surface area contributed by atoms with Gasteiger partial charge in [0.1, 0.15) is 0 Å². The highest BCUT2D eigenvalue weighted by atomic mass is 79.9. The van der Waals surface area contributed by atoms with Crippen molar-refractivity contribution >= 4 is 15.9 Å². The van der Waals surface area contributed by atoms with E-state index in [9.17, 15) is 9.59 Å².